The van der Waals surface area contributed by atoms with E-state index in [9.17, 15) is 38.1 Å². The molecule has 2 aromatic rings. The molecule has 0 spiro atoms. The van der Waals surface area contributed by atoms with Crippen molar-refractivity contribution in [1.29, 1.82) is 0 Å². The Balaban J connectivity index is 1.43. The van der Waals surface area contributed by atoms with Crippen LogP contribution < -0.4 is 37.2 Å². The topological polar surface area (TPSA) is 240 Å². The Kier molecular flexibility index (Phi) is 20.0. The number of nitrogens with one attached hydrogen (secondary N) is 7. The maximum atomic E-state index is 13.2. The standard InChI is InChI=1S/C36H58N8O9P2/c1-28(2)34(43-33(46)23-40-32(45)22-41-36(48)53-24-29-8-4-3-5-9-29)35(47)42-31-12-10-30(11-13-31)25-54(49,50)27-55(51,52)26-44-20-7-16-38-18-17-37-14-6-15-39-19-21-44/h3-5,8-13,28,34,37-39H,6-7,14-27H2,1-2H3,(H,40,45)(H,41,48)(H,42,47)(H,43,46)(H,49,50)(H,51,52)/t34-/m0/s1. The molecule has 4 amide bonds. The van der Waals surface area contributed by atoms with Crippen LogP contribution in [-0.2, 0) is 41.0 Å². The van der Waals surface area contributed by atoms with E-state index < -0.39 is 63.6 Å². The van der Waals surface area contributed by atoms with Crippen LogP contribution in [0, 0.1) is 5.92 Å². The summed E-state index contributed by atoms with van der Waals surface area (Å²) in [5.41, 5.74) is 1.61. The molecule has 1 heterocycles. The number of alkyl carbamates (subject to hydrolysis) is 1. The molecule has 0 saturated carbocycles. The van der Waals surface area contributed by atoms with Gasteiger partial charge in [-0.2, -0.15) is 0 Å². The number of ether oxygens (including phenoxy) is 1. The first-order valence-electron chi connectivity index (χ1n) is 18.6. The number of anilines is 1. The minimum absolute atomic E-state index is 0.0358. The van der Waals surface area contributed by atoms with Crippen LogP contribution in [0.4, 0.5) is 10.5 Å². The van der Waals surface area contributed by atoms with E-state index in [-0.39, 0.29) is 25.0 Å². The summed E-state index contributed by atoms with van der Waals surface area (Å²) in [5.74, 6) is -2.80. The monoisotopic (exact) mass is 808 g/mol. The number of hydrogen-bond acceptors (Lipinski definition) is 11. The van der Waals surface area contributed by atoms with Gasteiger partial charge >= 0.3 is 6.09 Å². The summed E-state index contributed by atoms with van der Waals surface area (Å²) < 4.78 is 31.5. The molecule has 0 aromatic heterocycles. The number of amides is 4. The molecular weight excluding hydrogens is 750 g/mol. The molecule has 1 saturated heterocycles. The summed E-state index contributed by atoms with van der Waals surface area (Å²) in [7, 11) is -8.04. The molecule has 3 rings (SSSR count). The third-order valence-electron chi connectivity index (χ3n) is 8.45. The van der Waals surface area contributed by atoms with Gasteiger partial charge in [0.25, 0.3) is 0 Å². The molecule has 1 aliphatic rings. The Hall–Kier alpha value is -3.66. The lowest BCUT2D eigenvalue weighted by atomic mass is 10.0. The van der Waals surface area contributed by atoms with Gasteiger partial charge in [0.15, 0.2) is 0 Å². The summed E-state index contributed by atoms with van der Waals surface area (Å²) in [6, 6.07) is 14.3. The number of carbonyl (C=O) groups excluding carboxylic acids is 4. The van der Waals surface area contributed by atoms with Crippen LogP contribution in [0.3, 0.4) is 0 Å². The van der Waals surface area contributed by atoms with Crippen molar-refractivity contribution >= 4 is 44.2 Å². The second kappa shape index (κ2) is 24.1. The van der Waals surface area contributed by atoms with Gasteiger partial charge in [-0.3, -0.25) is 28.4 Å². The second-order valence-electron chi connectivity index (χ2n) is 13.9. The Morgan fingerprint density at radius 2 is 1.40 bits per heavy atom. The smallest absolute Gasteiger partial charge is 0.407 e. The third-order valence-corrected chi connectivity index (χ3v) is 13.7. The molecule has 9 N–H and O–H groups in total. The van der Waals surface area contributed by atoms with E-state index in [1.54, 1.807) is 62.4 Å². The maximum Gasteiger partial charge on any atom is 0.407 e. The van der Waals surface area contributed by atoms with Crippen molar-refractivity contribution in [3.63, 3.8) is 0 Å². The molecule has 19 heteroatoms. The molecular formula is C36H58N8O9P2. The largest absolute Gasteiger partial charge is 0.445 e. The molecule has 3 atom stereocenters. The van der Waals surface area contributed by atoms with Gasteiger partial charge in [0.2, 0.25) is 32.5 Å². The average Bonchev–Trinajstić information content (AvgIpc) is 3.13. The lowest BCUT2D eigenvalue weighted by molar-refractivity contribution is -0.128. The average molecular weight is 809 g/mol. The van der Waals surface area contributed by atoms with Crippen molar-refractivity contribution in [2.24, 2.45) is 5.92 Å². The second-order valence-corrected chi connectivity index (χ2v) is 19.0. The Morgan fingerprint density at radius 1 is 0.764 bits per heavy atom. The fraction of sp³-hybridized carbons (Fsp3) is 0.556. The van der Waals surface area contributed by atoms with E-state index in [4.69, 9.17) is 4.74 Å². The van der Waals surface area contributed by atoms with E-state index in [2.05, 4.69) is 37.2 Å². The van der Waals surface area contributed by atoms with Crippen molar-refractivity contribution in [3.8, 4) is 0 Å². The summed E-state index contributed by atoms with van der Waals surface area (Å²) in [5, 5.41) is 20.1. The minimum atomic E-state index is -4.05. The summed E-state index contributed by atoms with van der Waals surface area (Å²) >= 11 is 0. The molecule has 1 fully saturated rings. The van der Waals surface area contributed by atoms with Crippen molar-refractivity contribution in [2.75, 3.05) is 83.0 Å². The quantitative estimate of drug-likeness (QED) is 0.110. The first kappa shape index (κ1) is 45.7. The molecule has 2 unspecified atom stereocenters. The van der Waals surface area contributed by atoms with Crippen LogP contribution in [0.15, 0.2) is 54.6 Å². The number of nitrogens with zero attached hydrogens (tertiary/aromatic N) is 1. The van der Waals surface area contributed by atoms with E-state index in [0.717, 1.165) is 51.1 Å². The first-order chi connectivity index (χ1) is 26.2. The molecule has 306 valence electrons. The van der Waals surface area contributed by atoms with Crippen molar-refractivity contribution in [2.45, 2.75) is 45.5 Å². The molecule has 1 aliphatic heterocycles. The zero-order valence-corrected chi connectivity index (χ0v) is 33.5. The van der Waals surface area contributed by atoms with E-state index in [1.165, 1.54) is 0 Å². The molecule has 0 radical (unpaired) electrons. The van der Waals surface area contributed by atoms with Crippen LogP contribution in [0.1, 0.15) is 37.8 Å². The number of benzene rings is 2. The van der Waals surface area contributed by atoms with Crippen molar-refractivity contribution < 1.29 is 42.8 Å². The summed E-state index contributed by atoms with van der Waals surface area (Å²) in [6.45, 7) is 8.66. The highest BCUT2D eigenvalue weighted by molar-refractivity contribution is 7.74. The number of rotatable bonds is 16. The molecule has 55 heavy (non-hydrogen) atoms. The predicted molar refractivity (Wildman–Crippen MR) is 212 cm³/mol. The van der Waals surface area contributed by atoms with E-state index >= 15 is 0 Å². The van der Waals surface area contributed by atoms with Crippen LogP contribution in [0.25, 0.3) is 0 Å². The van der Waals surface area contributed by atoms with Gasteiger partial charge in [-0.25, -0.2) is 4.79 Å². The molecule has 17 nitrogen and oxygen atoms in total. The van der Waals surface area contributed by atoms with Gasteiger partial charge in [-0.05, 0) is 68.2 Å². The van der Waals surface area contributed by atoms with Crippen LogP contribution in [-0.4, -0.2) is 122 Å². The predicted octanol–water partition coefficient (Wildman–Crippen LogP) is 1.63. The number of hydrogen-bond donors (Lipinski definition) is 9. The number of carbonyl (C=O) groups is 4. The Bertz CT molecular complexity index is 1590. The van der Waals surface area contributed by atoms with Gasteiger partial charge in [0.1, 0.15) is 25.1 Å². The molecule has 0 bridgehead atoms. The highest BCUT2D eigenvalue weighted by Gasteiger charge is 2.33. The fourth-order valence-corrected chi connectivity index (χ4v) is 10.9. The fourth-order valence-electron chi connectivity index (χ4n) is 5.69. The van der Waals surface area contributed by atoms with Crippen LogP contribution in [0.2, 0.25) is 0 Å². The van der Waals surface area contributed by atoms with Crippen LogP contribution in [0.5, 0.6) is 0 Å². The van der Waals surface area contributed by atoms with Gasteiger partial charge < -0.3 is 51.7 Å². The normalized spacial score (nSPS) is 17.7. The van der Waals surface area contributed by atoms with Crippen molar-refractivity contribution in [1.82, 2.24) is 36.8 Å². The maximum absolute atomic E-state index is 13.2. The Morgan fingerprint density at radius 3 is 2.07 bits per heavy atom. The van der Waals surface area contributed by atoms with E-state index in [1.807, 2.05) is 11.0 Å². The highest BCUT2D eigenvalue weighted by atomic mass is 31.2. The van der Waals surface area contributed by atoms with Gasteiger partial charge in [0.05, 0.1) is 19.0 Å². The minimum Gasteiger partial charge on any atom is -0.445 e. The SMILES string of the molecule is CC(C)[C@H](NC(=O)CNC(=O)CNC(=O)OCc1ccccc1)C(=O)Nc1ccc(CP(=O)(O)CP(=O)(O)CN2CCCNCCNCCCNCC2)cc1. The molecule has 2 aromatic carbocycles. The summed E-state index contributed by atoms with van der Waals surface area (Å²) in [4.78, 5) is 73.2. The van der Waals surface area contributed by atoms with Crippen molar-refractivity contribution in [3.05, 3.63) is 65.7 Å². The third kappa shape index (κ3) is 19.7. The zero-order chi connectivity index (χ0) is 40.1. The van der Waals surface area contributed by atoms with E-state index in [0.29, 0.717) is 30.9 Å². The van der Waals surface area contributed by atoms with Crippen LogP contribution >= 0.6 is 14.7 Å². The Labute approximate surface area is 323 Å². The lowest BCUT2D eigenvalue weighted by Gasteiger charge is -2.26. The molecule has 0 aliphatic carbocycles. The van der Waals surface area contributed by atoms with Gasteiger partial charge in [-0.15, -0.1) is 0 Å². The first-order valence-corrected chi connectivity index (χ1v) is 22.6. The lowest BCUT2D eigenvalue weighted by Crippen LogP contribution is -2.50. The van der Waals surface area contributed by atoms with Gasteiger partial charge in [0, 0.05) is 31.9 Å². The summed E-state index contributed by atoms with van der Waals surface area (Å²) in [6.07, 6.45) is 0.467. The van der Waals surface area contributed by atoms with Gasteiger partial charge in [-0.1, -0.05) is 56.3 Å². The zero-order valence-electron chi connectivity index (χ0n) is 31.8. The highest BCUT2D eigenvalue weighted by Crippen LogP contribution is 2.58.